The van der Waals surface area contributed by atoms with E-state index in [-0.39, 0.29) is 4.83 Å². The zero-order valence-corrected chi connectivity index (χ0v) is 5.53. The van der Waals surface area contributed by atoms with Gasteiger partial charge >= 0.3 is 0 Å². The Balaban J connectivity index is 3.43. The molecule has 1 atom stereocenters. The minimum absolute atomic E-state index is 0.123. The molecule has 1 unspecified atom stereocenters. The molecule has 0 saturated heterocycles. The summed E-state index contributed by atoms with van der Waals surface area (Å²) in [5.41, 5.74) is 0. The molecule has 0 aliphatic heterocycles. The van der Waals surface area contributed by atoms with E-state index in [1.54, 1.807) is 0 Å². The first-order chi connectivity index (χ1) is 3.27. The number of aldehydes is 1. The number of hydrogen-bond acceptors (Lipinski definition) is 1. The van der Waals surface area contributed by atoms with Crippen LogP contribution in [-0.4, -0.2) is 11.1 Å². The lowest BCUT2D eigenvalue weighted by molar-refractivity contribution is -0.103. The molecule has 0 fully saturated rings. The van der Waals surface area contributed by atoms with Crippen molar-refractivity contribution < 1.29 is 4.79 Å². The summed E-state index contributed by atoms with van der Waals surface area (Å²) < 4.78 is 0. The van der Waals surface area contributed by atoms with Gasteiger partial charge in [0, 0.05) is 0 Å². The maximum atomic E-state index is 9.51. The van der Waals surface area contributed by atoms with Crippen LogP contribution < -0.4 is 0 Å². The molecule has 0 spiro atoms. The lowest BCUT2D eigenvalue weighted by Gasteiger charge is -1.79. The van der Waals surface area contributed by atoms with Gasteiger partial charge in [0.1, 0.15) is 0 Å². The third-order valence-corrected chi connectivity index (χ3v) is 0.570. The van der Waals surface area contributed by atoms with E-state index in [2.05, 4.69) is 27.8 Å². The number of carbonyl (C=O) groups is 1. The van der Waals surface area contributed by atoms with E-state index in [4.69, 9.17) is 0 Å². The van der Waals surface area contributed by atoms with Gasteiger partial charge in [0.05, 0.1) is 4.83 Å². The minimum Gasteiger partial charge on any atom is -0.289 e. The summed E-state index contributed by atoms with van der Waals surface area (Å²) in [6.45, 7) is 1.86. The fourth-order valence-corrected chi connectivity index (χ4v) is 0.281. The monoisotopic (exact) mass is 160 g/mol. The van der Waals surface area contributed by atoms with Crippen molar-refractivity contribution in [3.63, 3.8) is 0 Å². The Hall–Kier alpha value is -0.290. The molecule has 2 heteroatoms. The molecule has 0 aliphatic rings. The normalized spacial score (nSPS) is 11.1. The van der Waals surface area contributed by atoms with Gasteiger partial charge in [0.2, 0.25) is 0 Å². The van der Waals surface area contributed by atoms with Gasteiger partial charge in [-0.15, -0.1) is 0 Å². The van der Waals surface area contributed by atoms with Crippen LogP contribution in [0.25, 0.3) is 0 Å². The van der Waals surface area contributed by atoms with Crippen LogP contribution in [0.4, 0.5) is 0 Å². The van der Waals surface area contributed by atoms with Gasteiger partial charge in [-0.1, -0.05) is 21.9 Å². The fraction of sp³-hybridized carbons (Fsp3) is 0.400. The van der Waals surface area contributed by atoms with E-state index in [1.807, 2.05) is 6.92 Å². The predicted octanol–water partition coefficient (Wildman–Crippen LogP) is 0.972. The van der Waals surface area contributed by atoms with Gasteiger partial charge in [-0.3, -0.25) is 4.79 Å². The molecule has 0 aromatic rings. The van der Waals surface area contributed by atoms with Crippen molar-refractivity contribution in [1.82, 2.24) is 0 Å². The highest BCUT2D eigenvalue weighted by Gasteiger charge is 1.79. The van der Waals surface area contributed by atoms with Crippen molar-refractivity contribution in [2.75, 3.05) is 0 Å². The maximum Gasteiger partial charge on any atom is 0.192 e. The van der Waals surface area contributed by atoms with E-state index in [1.165, 1.54) is 0 Å². The molecule has 0 aliphatic carbocycles. The SMILES string of the molecule is CC(Br)C#CC=O. The summed E-state index contributed by atoms with van der Waals surface area (Å²) in [4.78, 5) is 9.64. The van der Waals surface area contributed by atoms with E-state index in [0.717, 1.165) is 0 Å². The molecule has 0 aromatic carbocycles. The number of halogens is 1. The first-order valence-corrected chi connectivity index (χ1v) is 2.77. The van der Waals surface area contributed by atoms with Crippen LogP contribution in [-0.2, 0) is 4.79 Å². The lowest BCUT2D eigenvalue weighted by atomic mass is 10.5. The van der Waals surface area contributed by atoms with Crippen LogP contribution in [0.2, 0.25) is 0 Å². The summed E-state index contributed by atoms with van der Waals surface area (Å²) in [7, 11) is 0. The molecule has 0 heterocycles. The Morgan fingerprint density at radius 3 is 2.57 bits per heavy atom. The number of hydrogen-bond donors (Lipinski definition) is 0. The number of carbonyl (C=O) groups excluding carboxylic acids is 1. The molecule has 0 saturated carbocycles. The molecular formula is C5H5BrO. The molecule has 0 rings (SSSR count). The largest absolute Gasteiger partial charge is 0.289 e. The molecule has 7 heavy (non-hydrogen) atoms. The Morgan fingerprint density at radius 1 is 1.86 bits per heavy atom. The molecule has 0 radical (unpaired) electrons. The van der Waals surface area contributed by atoms with Crippen LogP contribution in [0.5, 0.6) is 0 Å². The quantitative estimate of drug-likeness (QED) is 0.294. The van der Waals surface area contributed by atoms with Crippen molar-refractivity contribution >= 4 is 22.2 Å². The zero-order valence-electron chi connectivity index (χ0n) is 3.94. The average molecular weight is 161 g/mol. The smallest absolute Gasteiger partial charge is 0.192 e. The first kappa shape index (κ1) is 6.71. The summed E-state index contributed by atoms with van der Waals surface area (Å²) in [6.07, 6.45) is 0.581. The number of rotatable bonds is 0. The molecule has 0 bridgehead atoms. The fourth-order valence-electron chi connectivity index (χ4n) is 0.149. The second-order valence-electron chi connectivity index (χ2n) is 1.02. The van der Waals surface area contributed by atoms with Crippen molar-refractivity contribution in [1.29, 1.82) is 0 Å². The van der Waals surface area contributed by atoms with E-state index < -0.39 is 0 Å². The van der Waals surface area contributed by atoms with Crippen LogP contribution >= 0.6 is 15.9 Å². The Morgan fingerprint density at radius 2 is 2.43 bits per heavy atom. The van der Waals surface area contributed by atoms with Crippen molar-refractivity contribution in [3.8, 4) is 11.8 Å². The van der Waals surface area contributed by atoms with Crippen molar-refractivity contribution in [3.05, 3.63) is 0 Å². The highest BCUT2D eigenvalue weighted by molar-refractivity contribution is 9.09. The molecular weight excluding hydrogens is 156 g/mol. The first-order valence-electron chi connectivity index (χ1n) is 1.86. The third-order valence-electron chi connectivity index (χ3n) is 0.341. The van der Waals surface area contributed by atoms with Crippen LogP contribution in [0.15, 0.2) is 0 Å². The summed E-state index contributed by atoms with van der Waals surface area (Å²) in [5.74, 6) is 4.86. The summed E-state index contributed by atoms with van der Waals surface area (Å²) in [6, 6.07) is 0. The summed E-state index contributed by atoms with van der Waals surface area (Å²) >= 11 is 3.14. The van der Waals surface area contributed by atoms with Gasteiger partial charge < -0.3 is 0 Å². The zero-order chi connectivity index (χ0) is 5.70. The van der Waals surface area contributed by atoms with Gasteiger partial charge in [0.15, 0.2) is 6.29 Å². The topological polar surface area (TPSA) is 17.1 Å². The second-order valence-corrected chi connectivity index (χ2v) is 2.40. The van der Waals surface area contributed by atoms with Gasteiger partial charge in [0.25, 0.3) is 0 Å². The molecule has 0 amide bonds. The molecule has 1 nitrogen and oxygen atoms in total. The Bertz CT molecular complexity index is 107. The highest BCUT2D eigenvalue weighted by atomic mass is 79.9. The molecule has 0 N–H and O–H groups in total. The van der Waals surface area contributed by atoms with Crippen molar-refractivity contribution in [2.24, 2.45) is 0 Å². The third kappa shape index (κ3) is 5.71. The lowest BCUT2D eigenvalue weighted by Crippen LogP contribution is -1.79. The van der Waals surface area contributed by atoms with E-state index >= 15 is 0 Å². The molecule has 0 aromatic heterocycles. The highest BCUT2D eigenvalue weighted by Crippen LogP contribution is 1.91. The van der Waals surface area contributed by atoms with E-state index in [9.17, 15) is 4.79 Å². The van der Waals surface area contributed by atoms with Crippen LogP contribution in [0, 0.1) is 11.8 Å². The maximum absolute atomic E-state index is 9.51. The van der Waals surface area contributed by atoms with Gasteiger partial charge in [-0.2, -0.15) is 0 Å². The standard InChI is InChI=1S/C5H5BrO/c1-5(6)3-2-4-7/h4-5H,1H3. The Labute approximate surface area is 51.2 Å². The van der Waals surface area contributed by atoms with Crippen LogP contribution in [0.3, 0.4) is 0 Å². The van der Waals surface area contributed by atoms with Crippen molar-refractivity contribution in [2.45, 2.75) is 11.8 Å². The van der Waals surface area contributed by atoms with Crippen LogP contribution in [0.1, 0.15) is 6.92 Å². The van der Waals surface area contributed by atoms with Gasteiger partial charge in [-0.25, -0.2) is 0 Å². The minimum atomic E-state index is 0.123. The average Bonchev–Trinajstić information content (AvgIpc) is 1.61. The van der Waals surface area contributed by atoms with Gasteiger partial charge in [-0.05, 0) is 12.8 Å². The predicted molar refractivity (Wildman–Crippen MR) is 32.2 cm³/mol. The number of alkyl halides is 1. The second kappa shape index (κ2) is 3.89. The van der Waals surface area contributed by atoms with E-state index in [0.29, 0.717) is 6.29 Å². The molecule has 38 valence electrons. The summed E-state index contributed by atoms with van der Waals surface area (Å²) in [5, 5.41) is 0. The Kier molecular flexibility index (Phi) is 3.72.